The van der Waals surface area contributed by atoms with Crippen LogP contribution in [0, 0.1) is 0 Å². The molecule has 9 aromatic carbocycles. The zero-order chi connectivity index (χ0) is 38.2. The van der Waals surface area contributed by atoms with Crippen LogP contribution in [0.4, 0.5) is 0 Å². The average Bonchev–Trinajstić information content (AvgIpc) is 3.87. The van der Waals surface area contributed by atoms with Crippen LogP contribution in [-0.2, 0) is 0 Å². The van der Waals surface area contributed by atoms with Crippen molar-refractivity contribution in [2.45, 2.75) is 0 Å². The first-order chi connectivity index (χ1) is 28.7. The molecule has 0 aliphatic rings. The van der Waals surface area contributed by atoms with E-state index in [1.54, 1.807) is 0 Å². The summed E-state index contributed by atoms with van der Waals surface area (Å²) in [6, 6.07) is 65.2. The Labute approximate surface area is 332 Å². The van der Waals surface area contributed by atoms with Crippen molar-refractivity contribution in [2.75, 3.05) is 0 Å². The van der Waals surface area contributed by atoms with Crippen LogP contribution in [0.3, 0.4) is 0 Å². The van der Waals surface area contributed by atoms with Gasteiger partial charge in [0.15, 0.2) is 17.5 Å². The van der Waals surface area contributed by atoms with Gasteiger partial charge in [-0.1, -0.05) is 140 Å². The van der Waals surface area contributed by atoms with E-state index in [0.717, 1.165) is 98.8 Å². The van der Waals surface area contributed by atoms with Gasteiger partial charge >= 0.3 is 0 Å². The molecule has 0 saturated heterocycles. The topological polar surface area (TPSA) is 65.0 Å². The quantitative estimate of drug-likeness (QED) is 0.176. The molecule has 0 radical (unpaired) electrons. The molecule has 3 aromatic heterocycles. The lowest BCUT2D eigenvalue weighted by molar-refractivity contribution is 0.668. The molecule has 0 unspecified atom stereocenters. The molecule has 0 saturated carbocycles. The Bertz CT molecular complexity index is 3580. The highest BCUT2D eigenvalue weighted by Gasteiger charge is 2.22. The monoisotopic (exact) mass is 741 g/mol. The van der Waals surface area contributed by atoms with Crippen molar-refractivity contribution < 1.29 is 8.83 Å². The molecule has 0 atom stereocenters. The number of rotatable bonds is 5. The third-order valence-corrected chi connectivity index (χ3v) is 11.3. The Morgan fingerprint density at radius 1 is 0.276 bits per heavy atom. The molecule has 3 heterocycles. The molecule has 12 rings (SSSR count). The van der Waals surface area contributed by atoms with Gasteiger partial charge in [-0.25, -0.2) is 15.0 Å². The number of para-hydroxylation sites is 2. The van der Waals surface area contributed by atoms with E-state index >= 15 is 0 Å². The summed E-state index contributed by atoms with van der Waals surface area (Å²) in [6.07, 6.45) is 0. The molecule has 5 nitrogen and oxygen atoms in total. The summed E-state index contributed by atoms with van der Waals surface area (Å²) in [5.74, 6) is 1.75. The first kappa shape index (κ1) is 32.4. The Morgan fingerprint density at radius 3 is 1.55 bits per heavy atom. The van der Waals surface area contributed by atoms with Crippen LogP contribution in [-0.4, -0.2) is 15.0 Å². The summed E-state index contributed by atoms with van der Waals surface area (Å²) in [4.78, 5) is 15.9. The Hall–Kier alpha value is -7.89. The fraction of sp³-hybridized carbons (Fsp3) is 0. The normalized spacial score (nSPS) is 11.8. The van der Waals surface area contributed by atoms with Crippen molar-refractivity contribution >= 4 is 65.4 Å². The lowest BCUT2D eigenvalue weighted by Gasteiger charge is -2.12. The van der Waals surface area contributed by atoms with Gasteiger partial charge in [0, 0.05) is 38.2 Å². The maximum Gasteiger partial charge on any atom is 0.164 e. The Balaban J connectivity index is 1.13. The van der Waals surface area contributed by atoms with Crippen LogP contribution >= 0.6 is 0 Å². The largest absolute Gasteiger partial charge is 0.456 e. The van der Waals surface area contributed by atoms with E-state index in [9.17, 15) is 0 Å². The van der Waals surface area contributed by atoms with Crippen molar-refractivity contribution in [3.05, 3.63) is 188 Å². The van der Waals surface area contributed by atoms with Gasteiger partial charge in [0.25, 0.3) is 0 Å². The van der Waals surface area contributed by atoms with E-state index in [1.807, 2.05) is 48.5 Å². The third kappa shape index (κ3) is 5.29. The van der Waals surface area contributed by atoms with E-state index in [2.05, 4.69) is 140 Å². The lowest BCUT2D eigenvalue weighted by Crippen LogP contribution is -2.01. The smallest absolute Gasteiger partial charge is 0.164 e. The summed E-state index contributed by atoms with van der Waals surface area (Å²) >= 11 is 0. The highest BCUT2D eigenvalue weighted by molar-refractivity contribution is 6.16. The van der Waals surface area contributed by atoms with Gasteiger partial charge in [-0.05, 0) is 92.3 Å². The summed E-state index contributed by atoms with van der Waals surface area (Å²) in [7, 11) is 0. The zero-order valence-corrected chi connectivity index (χ0v) is 31.1. The Kier molecular flexibility index (Phi) is 7.16. The predicted octanol–water partition coefficient (Wildman–Crippen LogP) is 14.3. The molecule has 0 fully saturated rings. The fourth-order valence-electron chi connectivity index (χ4n) is 8.48. The number of furan rings is 2. The van der Waals surface area contributed by atoms with Crippen LogP contribution in [0.2, 0.25) is 0 Å². The minimum atomic E-state index is 0.564. The molecular formula is C53H31N3O2. The average molecular weight is 742 g/mol. The second kappa shape index (κ2) is 12.8. The molecule has 0 aliphatic heterocycles. The minimum Gasteiger partial charge on any atom is -0.456 e. The number of aromatic nitrogens is 3. The number of hydrogen-bond acceptors (Lipinski definition) is 5. The van der Waals surface area contributed by atoms with Gasteiger partial charge in [0.1, 0.15) is 22.3 Å². The van der Waals surface area contributed by atoms with Crippen molar-refractivity contribution in [2.24, 2.45) is 0 Å². The summed E-state index contributed by atoms with van der Waals surface area (Å²) in [6.45, 7) is 0. The van der Waals surface area contributed by atoms with Crippen LogP contribution in [0.5, 0.6) is 0 Å². The highest BCUT2D eigenvalue weighted by Crippen LogP contribution is 2.43. The predicted molar refractivity (Wildman–Crippen MR) is 237 cm³/mol. The number of nitrogens with zero attached hydrogens (tertiary/aromatic N) is 3. The van der Waals surface area contributed by atoms with E-state index in [4.69, 9.17) is 23.8 Å². The van der Waals surface area contributed by atoms with Gasteiger partial charge in [-0.3, -0.25) is 0 Å². The fourth-order valence-corrected chi connectivity index (χ4v) is 8.48. The van der Waals surface area contributed by atoms with Crippen molar-refractivity contribution in [1.82, 2.24) is 15.0 Å². The maximum absolute atomic E-state index is 6.64. The first-order valence-corrected chi connectivity index (χ1v) is 19.4. The molecule has 5 heteroatoms. The van der Waals surface area contributed by atoms with Crippen molar-refractivity contribution in [3.8, 4) is 56.4 Å². The standard InChI is InChI=1S/C53H31N3O2/c1-2-11-32(12-3-1)36-24-21-34-23-26-38(29-39(34)28-36)52-54-51(37-25-22-33-13-4-5-14-35(33)27-37)55-53(56-52)44-30-40(31-48-50(44)43-16-7-9-19-46(43)58-48)41-17-10-20-47-49(41)42-15-6-8-18-45(42)57-47/h1-31H. The minimum absolute atomic E-state index is 0.564. The summed E-state index contributed by atoms with van der Waals surface area (Å²) < 4.78 is 13.0. The Morgan fingerprint density at radius 2 is 0.810 bits per heavy atom. The second-order valence-corrected chi connectivity index (χ2v) is 14.8. The van der Waals surface area contributed by atoms with Gasteiger partial charge in [-0.15, -0.1) is 0 Å². The highest BCUT2D eigenvalue weighted by atomic mass is 16.3. The van der Waals surface area contributed by atoms with E-state index in [1.165, 1.54) is 5.56 Å². The molecule has 0 amide bonds. The summed E-state index contributed by atoms with van der Waals surface area (Å²) in [5, 5.41) is 8.60. The number of fused-ring (bicyclic) bond motifs is 8. The number of hydrogen-bond donors (Lipinski definition) is 0. The van der Waals surface area contributed by atoms with Crippen LogP contribution in [0.25, 0.3) is 122 Å². The molecule has 12 aromatic rings. The molecule has 0 bridgehead atoms. The van der Waals surface area contributed by atoms with Crippen LogP contribution in [0.15, 0.2) is 197 Å². The summed E-state index contributed by atoms with van der Waals surface area (Å²) in [5.41, 5.74) is 10.3. The molecule has 0 N–H and O–H groups in total. The zero-order valence-electron chi connectivity index (χ0n) is 31.1. The third-order valence-electron chi connectivity index (χ3n) is 11.3. The van der Waals surface area contributed by atoms with E-state index in [0.29, 0.717) is 17.5 Å². The number of benzene rings is 9. The van der Waals surface area contributed by atoms with Gasteiger partial charge in [-0.2, -0.15) is 0 Å². The van der Waals surface area contributed by atoms with Crippen molar-refractivity contribution in [1.29, 1.82) is 0 Å². The molecule has 0 aliphatic carbocycles. The molecule has 270 valence electrons. The first-order valence-electron chi connectivity index (χ1n) is 19.4. The van der Waals surface area contributed by atoms with Gasteiger partial charge in [0.05, 0.1) is 0 Å². The molecular weight excluding hydrogens is 711 g/mol. The van der Waals surface area contributed by atoms with Crippen LogP contribution < -0.4 is 0 Å². The lowest BCUT2D eigenvalue weighted by atomic mass is 9.95. The van der Waals surface area contributed by atoms with Gasteiger partial charge in [0.2, 0.25) is 0 Å². The molecule has 58 heavy (non-hydrogen) atoms. The van der Waals surface area contributed by atoms with E-state index < -0.39 is 0 Å². The van der Waals surface area contributed by atoms with Crippen LogP contribution in [0.1, 0.15) is 0 Å². The maximum atomic E-state index is 6.64. The molecule has 0 spiro atoms. The SMILES string of the molecule is c1ccc(-c2ccc3ccc(-c4nc(-c5ccc6ccccc6c5)nc(-c5cc(-c6cccc7oc8ccccc8c67)cc6oc7ccccc7c56)n4)cc3c2)cc1. The van der Waals surface area contributed by atoms with Crippen molar-refractivity contribution in [3.63, 3.8) is 0 Å². The second-order valence-electron chi connectivity index (χ2n) is 14.8. The van der Waals surface area contributed by atoms with Gasteiger partial charge < -0.3 is 8.83 Å². The van der Waals surface area contributed by atoms with E-state index in [-0.39, 0.29) is 0 Å².